The minimum absolute atomic E-state index is 0.165. The van der Waals surface area contributed by atoms with Gasteiger partial charge in [0.15, 0.2) is 0 Å². The molecule has 0 amide bonds. The summed E-state index contributed by atoms with van der Waals surface area (Å²) in [4.78, 5) is 0. The molecular weight excluding hydrogens is 258 g/mol. The molecular formula is C19H31NO. The molecule has 1 aliphatic rings. The zero-order valence-corrected chi connectivity index (χ0v) is 14.1. The molecule has 0 radical (unpaired) electrons. The molecule has 0 spiro atoms. The quantitative estimate of drug-likeness (QED) is 0.824. The van der Waals surface area contributed by atoms with Crippen LogP contribution >= 0.6 is 0 Å². The summed E-state index contributed by atoms with van der Waals surface area (Å²) in [5, 5.41) is 3.54. The highest BCUT2D eigenvalue weighted by molar-refractivity contribution is 5.24. The van der Waals surface area contributed by atoms with Crippen molar-refractivity contribution in [2.75, 3.05) is 6.54 Å². The summed E-state index contributed by atoms with van der Waals surface area (Å²) < 4.78 is 6.53. The van der Waals surface area contributed by atoms with Gasteiger partial charge in [-0.1, -0.05) is 63.4 Å². The first-order chi connectivity index (χ1) is 10.1. The second kappa shape index (κ2) is 7.95. The van der Waals surface area contributed by atoms with Crippen LogP contribution in [0, 0.1) is 12.8 Å². The fourth-order valence-corrected chi connectivity index (χ4v) is 3.15. The molecule has 21 heavy (non-hydrogen) atoms. The summed E-state index contributed by atoms with van der Waals surface area (Å²) in [7, 11) is 0. The van der Waals surface area contributed by atoms with E-state index in [-0.39, 0.29) is 6.10 Å². The van der Waals surface area contributed by atoms with E-state index in [0.717, 1.165) is 6.54 Å². The van der Waals surface area contributed by atoms with Gasteiger partial charge in [-0.2, -0.15) is 0 Å². The van der Waals surface area contributed by atoms with Crippen LogP contribution in [0.2, 0.25) is 0 Å². The van der Waals surface area contributed by atoms with E-state index in [1.54, 1.807) is 0 Å². The van der Waals surface area contributed by atoms with Crippen LogP contribution in [0.1, 0.15) is 63.7 Å². The SMILES string of the molecule is Cc1cccc(C(CNC(C)C)OC2CCCCC2C)c1. The topological polar surface area (TPSA) is 21.3 Å². The highest BCUT2D eigenvalue weighted by atomic mass is 16.5. The Kier molecular flexibility index (Phi) is 6.25. The molecule has 3 unspecified atom stereocenters. The summed E-state index contributed by atoms with van der Waals surface area (Å²) in [6.45, 7) is 9.77. The molecule has 3 atom stereocenters. The van der Waals surface area contributed by atoms with Crippen molar-refractivity contribution in [3.8, 4) is 0 Å². The van der Waals surface area contributed by atoms with Crippen molar-refractivity contribution in [1.29, 1.82) is 0 Å². The average molecular weight is 289 g/mol. The van der Waals surface area contributed by atoms with Crippen molar-refractivity contribution in [3.05, 3.63) is 35.4 Å². The largest absolute Gasteiger partial charge is 0.369 e. The summed E-state index contributed by atoms with van der Waals surface area (Å²) in [6, 6.07) is 9.25. The van der Waals surface area contributed by atoms with E-state index in [2.05, 4.69) is 57.3 Å². The number of ether oxygens (including phenoxy) is 1. The predicted molar refractivity (Wildman–Crippen MR) is 89.6 cm³/mol. The summed E-state index contributed by atoms with van der Waals surface area (Å²) in [6.07, 6.45) is 5.78. The smallest absolute Gasteiger partial charge is 0.0953 e. The van der Waals surface area contributed by atoms with Crippen LogP contribution < -0.4 is 5.32 Å². The van der Waals surface area contributed by atoms with Crippen molar-refractivity contribution in [3.63, 3.8) is 0 Å². The Balaban J connectivity index is 2.07. The Morgan fingerprint density at radius 2 is 2.00 bits per heavy atom. The Bertz CT molecular complexity index is 429. The third kappa shape index (κ3) is 5.12. The van der Waals surface area contributed by atoms with E-state index in [4.69, 9.17) is 4.74 Å². The van der Waals surface area contributed by atoms with Gasteiger partial charge in [0.05, 0.1) is 12.2 Å². The predicted octanol–water partition coefficient (Wildman–Crippen LogP) is 4.63. The van der Waals surface area contributed by atoms with Gasteiger partial charge in [-0.15, -0.1) is 0 Å². The van der Waals surface area contributed by atoms with E-state index in [9.17, 15) is 0 Å². The third-order valence-electron chi connectivity index (χ3n) is 4.50. The van der Waals surface area contributed by atoms with E-state index in [1.165, 1.54) is 36.8 Å². The van der Waals surface area contributed by atoms with Gasteiger partial charge in [-0.25, -0.2) is 0 Å². The van der Waals surface area contributed by atoms with Crippen LogP contribution in [-0.2, 0) is 4.74 Å². The Labute approximate surface area is 130 Å². The summed E-state index contributed by atoms with van der Waals surface area (Å²) in [5.41, 5.74) is 2.61. The fourth-order valence-electron chi connectivity index (χ4n) is 3.15. The van der Waals surface area contributed by atoms with Gasteiger partial charge < -0.3 is 10.1 Å². The lowest BCUT2D eigenvalue weighted by molar-refractivity contribution is -0.0569. The summed E-state index contributed by atoms with van der Waals surface area (Å²) in [5.74, 6) is 0.685. The summed E-state index contributed by atoms with van der Waals surface area (Å²) >= 11 is 0. The maximum absolute atomic E-state index is 6.53. The first-order valence-electron chi connectivity index (χ1n) is 8.51. The average Bonchev–Trinajstić information content (AvgIpc) is 2.45. The molecule has 1 N–H and O–H groups in total. The van der Waals surface area contributed by atoms with Gasteiger partial charge in [-0.3, -0.25) is 0 Å². The zero-order chi connectivity index (χ0) is 15.2. The van der Waals surface area contributed by atoms with Crippen LogP contribution in [0.5, 0.6) is 0 Å². The number of rotatable bonds is 6. The Hall–Kier alpha value is -0.860. The molecule has 1 aliphatic carbocycles. The number of aryl methyl sites for hydroxylation is 1. The third-order valence-corrected chi connectivity index (χ3v) is 4.50. The number of benzene rings is 1. The minimum Gasteiger partial charge on any atom is -0.369 e. The molecule has 0 aliphatic heterocycles. The molecule has 2 nitrogen and oxygen atoms in total. The molecule has 0 heterocycles. The molecule has 1 aromatic rings. The van der Waals surface area contributed by atoms with E-state index >= 15 is 0 Å². The number of hydrogen-bond acceptors (Lipinski definition) is 2. The Morgan fingerprint density at radius 1 is 1.24 bits per heavy atom. The molecule has 1 fully saturated rings. The molecule has 2 rings (SSSR count). The first kappa shape index (κ1) is 16.5. The van der Waals surface area contributed by atoms with Crippen molar-refractivity contribution < 1.29 is 4.74 Å². The van der Waals surface area contributed by atoms with Crippen LogP contribution in [0.25, 0.3) is 0 Å². The fraction of sp³-hybridized carbons (Fsp3) is 0.684. The molecule has 2 heteroatoms. The Morgan fingerprint density at radius 3 is 2.67 bits per heavy atom. The second-order valence-electron chi connectivity index (χ2n) is 6.90. The van der Waals surface area contributed by atoms with Crippen LogP contribution in [-0.4, -0.2) is 18.7 Å². The van der Waals surface area contributed by atoms with E-state index in [0.29, 0.717) is 18.1 Å². The molecule has 1 saturated carbocycles. The van der Waals surface area contributed by atoms with Gasteiger partial charge >= 0.3 is 0 Å². The number of nitrogens with one attached hydrogen (secondary N) is 1. The van der Waals surface area contributed by atoms with Gasteiger partial charge in [0.2, 0.25) is 0 Å². The normalized spacial score (nSPS) is 24.2. The van der Waals surface area contributed by atoms with Crippen molar-refractivity contribution in [1.82, 2.24) is 5.32 Å². The maximum atomic E-state index is 6.53. The van der Waals surface area contributed by atoms with E-state index in [1.807, 2.05) is 0 Å². The van der Waals surface area contributed by atoms with Crippen LogP contribution in [0.3, 0.4) is 0 Å². The minimum atomic E-state index is 0.165. The monoisotopic (exact) mass is 289 g/mol. The first-order valence-corrected chi connectivity index (χ1v) is 8.51. The molecule has 118 valence electrons. The van der Waals surface area contributed by atoms with Gasteiger partial charge in [-0.05, 0) is 31.2 Å². The molecule has 0 saturated heterocycles. The molecule has 0 aromatic heterocycles. The maximum Gasteiger partial charge on any atom is 0.0953 e. The van der Waals surface area contributed by atoms with Gasteiger partial charge in [0.1, 0.15) is 0 Å². The standard InChI is InChI=1S/C19H31NO/c1-14(2)20-13-19(17-10-7-8-15(3)12-17)21-18-11-6-5-9-16(18)4/h7-8,10,12,14,16,18-20H,5-6,9,11,13H2,1-4H3. The van der Waals surface area contributed by atoms with Crippen molar-refractivity contribution in [2.45, 2.75) is 71.6 Å². The van der Waals surface area contributed by atoms with Crippen LogP contribution in [0.4, 0.5) is 0 Å². The zero-order valence-electron chi connectivity index (χ0n) is 14.1. The van der Waals surface area contributed by atoms with Gasteiger partial charge in [0, 0.05) is 12.6 Å². The molecule has 1 aromatic carbocycles. The van der Waals surface area contributed by atoms with Gasteiger partial charge in [0.25, 0.3) is 0 Å². The van der Waals surface area contributed by atoms with Crippen molar-refractivity contribution in [2.24, 2.45) is 5.92 Å². The second-order valence-corrected chi connectivity index (χ2v) is 6.90. The lowest BCUT2D eigenvalue weighted by Gasteiger charge is -2.33. The lowest BCUT2D eigenvalue weighted by atomic mass is 9.87. The number of hydrogen-bond donors (Lipinski definition) is 1. The highest BCUT2D eigenvalue weighted by Crippen LogP contribution is 2.31. The molecule has 0 bridgehead atoms. The lowest BCUT2D eigenvalue weighted by Crippen LogP contribution is -2.34. The van der Waals surface area contributed by atoms with E-state index < -0.39 is 0 Å². The van der Waals surface area contributed by atoms with Crippen LogP contribution in [0.15, 0.2) is 24.3 Å². The highest BCUT2D eigenvalue weighted by Gasteiger charge is 2.26. The van der Waals surface area contributed by atoms with Crippen molar-refractivity contribution >= 4 is 0 Å².